The van der Waals surface area contributed by atoms with Gasteiger partial charge < -0.3 is 4.42 Å². The molecule has 17 heavy (non-hydrogen) atoms. The number of hydrazine groups is 1. The van der Waals surface area contributed by atoms with Crippen molar-refractivity contribution in [3.05, 3.63) is 23.7 Å². The normalized spacial score (nSPS) is 27.0. The highest BCUT2D eigenvalue weighted by Crippen LogP contribution is 2.37. The molecular weight excluding hydrogens is 212 g/mol. The third-order valence-corrected chi connectivity index (χ3v) is 4.15. The zero-order valence-electron chi connectivity index (χ0n) is 10.9. The van der Waals surface area contributed by atoms with Crippen molar-refractivity contribution in [2.45, 2.75) is 52.0 Å². The van der Waals surface area contributed by atoms with Crippen LogP contribution in [0.2, 0.25) is 0 Å². The molecule has 96 valence electrons. The fraction of sp³-hybridized carbons (Fsp3) is 0.714. The van der Waals surface area contributed by atoms with Gasteiger partial charge in [0.25, 0.3) is 0 Å². The Bertz CT molecular complexity index is 340. The van der Waals surface area contributed by atoms with Gasteiger partial charge in [0.1, 0.15) is 5.76 Å². The van der Waals surface area contributed by atoms with E-state index >= 15 is 0 Å². The number of furan rings is 1. The predicted molar refractivity (Wildman–Crippen MR) is 69.3 cm³/mol. The summed E-state index contributed by atoms with van der Waals surface area (Å²) < 4.78 is 5.51. The van der Waals surface area contributed by atoms with Crippen LogP contribution in [0.25, 0.3) is 0 Å². The second kappa shape index (κ2) is 5.69. The van der Waals surface area contributed by atoms with Gasteiger partial charge in [0, 0.05) is 12.0 Å². The smallest absolute Gasteiger partial charge is 0.108 e. The van der Waals surface area contributed by atoms with E-state index in [1.807, 2.05) is 0 Å². The van der Waals surface area contributed by atoms with Crippen LogP contribution in [-0.2, 0) is 6.42 Å². The summed E-state index contributed by atoms with van der Waals surface area (Å²) in [7, 11) is 0. The maximum Gasteiger partial charge on any atom is 0.108 e. The van der Waals surface area contributed by atoms with Gasteiger partial charge in [-0.25, -0.2) is 0 Å². The van der Waals surface area contributed by atoms with Crippen molar-refractivity contribution in [2.24, 2.45) is 17.7 Å². The van der Waals surface area contributed by atoms with Crippen LogP contribution in [0, 0.1) is 11.8 Å². The number of aryl methyl sites for hydroxylation is 1. The molecule has 3 heteroatoms. The molecule has 0 aliphatic heterocycles. The molecule has 1 heterocycles. The van der Waals surface area contributed by atoms with E-state index < -0.39 is 0 Å². The van der Waals surface area contributed by atoms with E-state index in [1.54, 1.807) is 6.26 Å². The van der Waals surface area contributed by atoms with Gasteiger partial charge in [0.15, 0.2) is 0 Å². The zero-order chi connectivity index (χ0) is 12.3. The summed E-state index contributed by atoms with van der Waals surface area (Å²) in [5.41, 5.74) is 4.26. The van der Waals surface area contributed by atoms with Crippen molar-refractivity contribution in [2.75, 3.05) is 0 Å². The fourth-order valence-electron chi connectivity index (χ4n) is 3.01. The molecule has 0 aromatic carbocycles. The van der Waals surface area contributed by atoms with Gasteiger partial charge in [-0.3, -0.25) is 11.3 Å². The molecule has 1 aromatic heterocycles. The number of nitrogens with two attached hydrogens (primary N) is 1. The minimum atomic E-state index is 0.260. The van der Waals surface area contributed by atoms with Gasteiger partial charge in [0.05, 0.1) is 12.3 Å². The molecule has 1 aromatic rings. The average Bonchev–Trinajstić information content (AvgIpc) is 2.81. The van der Waals surface area contributed by atoms with Crippen molar-refractivity contribution < 1.29 is 4.42 Å². The third-order valence-electron chi connectivity index (χ3n) is 4.15. The highest BCUT2D eigenvalue weighted by atomic mass is 16.3. The quantitative estimate of drug-likeness (QED) is 0.623. The number of hydrogen-bond donors (Lipinski definition) is 2. The first kappa shape index (κ1) is 12.7. The standard InChI is InChI=1S/C14H24N2O/c1-3-13-12(8-9-17-13)14(16-15)11-6-4-10(2)5-7-11/h8-11,14,16H,3-7,15H2,1-2H3. The van der Waals surface area contributed by atoms with Gasteiger partial charge in [-0.05, 0) is 30.7 Å². The maximum absolute atomic E-state index is 5.76. The monoisotopic (exact) mass is 236 g/mol. The summed E-state index contributed by atoms with van der Waals surface area (Å²) in [6.45, 7) is 4.47. The molecule has 1 atom stereocenters. The fourth-order valence-corrected chi connectivity index (χ4v) is 3.01. The molecular formula is C14H24N2O. The second-order valence-electron chi connectivity index (χ2n) is 5.32. The van der Waals surface area contributed by atoms with E-state index in [1.165, 1.54) is 31.2 Å². The van der Waals surface area contributed by atoms with E-state index in [0.717, 1.165) is 18.1 Å². The molecule has 2 rings (SSSR count). The topological polar surface area (TPSA) is 51.2 Å². The van der Waals surface area contributed by atoms with Crippen LogP contribution in [0.15, 0.2) is 16.7 Å². The van der Waals surface area contributed by atoms with E-state index in [2.05, 4.69) is 25.3 Å². The Morgan fingerprint density at radius 1 is 1.41 bits per heavy atom. The first-order valence-corrected chi connectivity index (χ1v) is 6.78. The molecule has 1 aliphatic rings. The lowest BCUT2D eigenvalue weighted by atomic mass is 9.77. The lowest BCUT2D eigenvalue weighted by Crippen LogP contribution is -2.35. The molecule has 1 unspecified atom stereocenters. The van der Waals surface area contributed by atoms with Crippen LogP contribution in [0.3, 0.4) is 0 Å². The van der Waals surface area contributed by atoms with Crippen LogP contribution >= 0.6 is 0 Å². The summed E-state index contributed by atoms with van der Waals surface area (Å²) in [5, 5.41) is 0. The molecule has 1 saturated carbocycles. The molecule has 3 N–H and O–H groups in total. The summed E-state index contributed by atoms with van der Waals surface area (Å²) in [6, 6.07) is 2.33. The van der Waals surface area contributed by atoms with Crippen molar-refractivity contribution in [3.8, 4) is 0 Å². The third kappa shape index (κ3) is 2.72. The molecule has 0 bridgehead atoms. The summed E-state index contributed by atoms with van der Waals surface area (Å²) in [5.74, 6) is 8.36. The molecule has 0 saturated heterocycles. The van der Waals surface area contributed by atoms with Crippen LogP contribution in [0.4, 0.5) is 0 Å². The Kier molecular flexibility index (Phi) is 4.24. The number of rotatable bonds is 4. The van der Waals surface area contributed by atoms with E-state index in [0.29, 0.717) is 5.92 Å². The van der Waals surface area contributed by atoms with Gasteiger partial charge in [-0.15, -0.1) is 0 Å². The van der Waals surface area contributed by atoms with Crippen LogP contribution in [-0.4, -0.2) is 0 Å². The largest absolute Gasteiger partial charge is 0.469 e. The second-order valence-corrected chi connectivity index (χ2v) is 5.32. The van der Waals surface area contributed by atoms with Crippen LogP contribution in [0.5, 0.6) is 0 Å². The Morgan fingerprint density at radius 3 is 2.71 bits per heavy atom. The molecule has 0 amide bonds. The van der Waals surface area contributed by atoms with E-state index in [9.17, 15) is 0 Å². The van der Waals surface area contributed by atoms with Gasteiger partial charge in [-0.1, -0.05) is 26.7 Å². The Morgan fingerprint density at radius 2 is 2.12 bits per heavy atom. The average molecular weight is 236 g/mol. The minimum absolute atomic E-state index is 0.260. The van der Waals surface area contributed by atoms with E-state index in [-0.39, 0.29) is 6.04 Å². The molecule has 3 nitrogen and oxygen atoms in total. The SMILES string of the molecule is CCc1occc1C(NN)C1CCC(C)CC1. The maximum atomic E-state index is 5.76. The number of nitrogens with one attached hydrogen (secondary N) is 1. The first-order valence-electron chi connectivity index (χ1n) is 6.78. The lowest BCUT2D eigenvalue weighted by molar-refractivity contribution is 0.230. The van der Waals surface area contributed by atoms with Gasteiger partial charge in [-0.2, -0.15) is 0 Å². The highest BCUT2D eigenvalue weighted by Gasteiger charge is 2.28. The zero-order valence-corrected chi connectivity index (χ0v) is 10.9. The summed E-state index contributed by atoms with van der Waals surface area (Å²) in [4.78, 5) is 0. The Hall–Kier alpha value is -0.800. The highest BCUT2D eigenvalue weighted by molar-refractivity contribution is 5.22. The number of hydrogen-bond acceptors (Lipinski definition) is 3. The predicted octanol–water partition coefficient (Wildman–Crippen LogP) is 3.17. The van der Waals surface area contributed by atoms with Gasteiger partial charge >= 0.3 is 0 Å². The summed E-state index contributed by atoms with van der Waals surface area (Å²) >= 11 is 0. The molecule has 1 aliphatic carbocycles. The molecule has 0 radical (unpaired) electrons. The van der Waals surface area contributed by atoms with E-state index in [4.69, 9.17) is 10.3 Å². The molecule has 0 spiro atoms. The minimum Gasteiger partial charge on any atom is -0.469 e. The first-order chi connectivity index (χ1) is 8.26. The Balaban J connectivity index is 2.10. The van der Waals surface area contributed by atoms with Crippen molar-refractivity contribution in [3.63, 3.8) is 0 Å². The Labute approximate surface area is 104 Å². The van der Waals surface area contributed by atoms with Gasteiger partial charge in [0.2, 0.25) is 0 Å². The molecule has 1 fully saturated rings. The summed E-state index contributed by atoms with van der Waals surface area (Å²) in [6.07, 6.45) is 7.90. The van der Waals surface area contributed by atoms with Crippen molar-refractivity contribution in [1.29, 1.82) is 0 Å². The van der Waals surface area contributed by atoms with Crippen LogP contribution in [0.1, 0.15) is 56.9 Å². The van der Waals surface area contributed by atoms with Crippen molar-refractivity contribution in [1.82, 2.24) is 5.43 Å². The lowest BCUT2D eigenvalue weighted by Gasteiger charge is -2.32. The van der Waals surface area contributed by atoms with Crippen molar-refractivity contribution >= 4 is 0 Å². The van der Waals surface area contributed by atoms with Crippen LogP contribution < -0.4 is 11.3 Å².